The Morgan fingerprint density at radius 2 is 1.57 bits per heavy atom. The van der Waals surface area contributed by atoms with E-state index < -0.39 is 34.1 Å². The number of benzene rings is 3. The molecule has 0 saturated carbocycles. The number of para-hydroxylation sites is 2. The number of ketones is 2. The summed E-state index contributed by atoms with van der Waals surface area (Å²) in [6.45, 7) is 1.97. The zero-order chi connectivity index (χ0) is 29.2. The highest BCUT2D eigenvalue weighted by Crippen LogP contribution is 2.58. The van der Waals surface area contributed by atoms with E-state index in [0.29, 0.717) is 16.8 Å². The van der Waals surface area contributed by atoms with Crippen LogP contribution in [0.5, 0.6) is 0 Å². The van der Waals surface area contributed by atoms with Gasteiger partial charge in [-0.2, -0.15) is 0 Å². The first-order valence-corrected chi connectivity index (χ1v) is 13.5. The first kappa shape index (κ1) is 25.5. The number of carbonyl (C=O) groups excluding carboxylic acids is 3. The molecule has 7 rings (SSSR count). The molecule has 1 saturated heterocycles. The van der Waals surface area contributed by atoms with Crippen molar-refractivity contribution in [3.05, 3.63) is 136 Å². The summed E-state index contributed by atoms with van der Waals surface area (Å²) in [6, 6.07) is 21.7. The zero-order valence-corrected chi connectivity index (χ0v) is 22.4. The largest absolute Gasteiger partial charge is 0.352 e. The number of pyridine rings is 1. The van der Waals surface area contributed by atoms with Gasteiger partial charge < -0.3 is 10.2 Å². The van der Waals surface area contributed by atoms with Gasteiger partial charge in [-0.25, -0.2) is 0 Å². The molecule has 9 nitrogen and oxygen atoms in total. The Bertz CT molecular complexity index is 1830. The predicted octanol–water partition coefficient (Wildman–Crippen LogP) is 5.24. The monoisotopic (exact) mass is 556 g/mol. The smallest absolute Gasteiger partial charge is 0.269 e. The van der Waals surface area contributed by atoms with E-state index in [4.69, 9.17) is 0 Å². The van der Waals surface area contributed by atoms with E-state index in [-0.39, 0.29) is 22.9 Å². The molecule has 4 heterocycles. The number of amides is 1. The number of nitro groups is 1. The number of nitro benzene ring substituents is 1. The van der Waals surface area contributed by atoms with Crippen molar-refractivity contribution < 1.29 is 19.3 Å². The van der Waals surface area contributed by atoms with Crippen LogP contribution in [-0.4, -0.2) is 39.5 Å². The van der Waals surface area contributed by atoms with Gasteiger partial charge in [0.05, 0.1) is 16.9 Å². The van der Waals surface area contributed by atoms with Crippen LogP contribution < -0.4 is 10.2 Å². The molecule has 1 fully saturated rings. The average molecular weight is 557 g/mol. The molecule has 4 atom stereocenters. The summed E-state index contributed by atoms with van der Waals surface area (Å²) >= 11 is 0. The molecule has 0 aliphatic carbocycles. The fourth-order valence-electron chi connectivity index (χ4n) is 7.00. The quantitative estimate of drug-likeness (QED) is 0.203. The predicted molar refractivity (Wildman–Crippen MR) is 156 cm³/mol. The van der Waals surface area contributed by atoms with Gasteiger partial charge >= 0.3 is 0 Å². The van der Waals surface area contributed by atoms with E-state index in [9.17, 15) is 24.5 Å². The molecule has 206 valence electrons. The fourth-order valence-corrected chi connectivity index (χ4v) is 7.00. The molecule has 1 aromatic heterocycles. The summed E-state index contributed by atoms with van der Waals surface area (Å²) in [4.78, 5) is 60.5. The van der Waals surface area contributed by atoms with Gasteiger partial charge in [-0.3, -0.25) is 29.5 Å². The topological polar surface area (TPSA) is 123 Å². The van der Waals surface area contributed by atoms with Gasteiger partial charge in [0.1, 0.15) is 11.5 Å². The SMILES string of the molecule is CC1=C[C@@H]2N(c3ccccc31)[C@@H](C(=O)c1ccc([N+](=O)[O-])cc1)[C@@H](C(=O)c1ccncc1)[C@@]21C(=O)Nc2ccccc21. The van der Waals surface area contributed by atoms with Crippen molar-refractivity contribution in [2.45, 2.75) is 24.4 Å². The van der Waals surface area contributed by atoms with Crippen molar-refractivity contribution in [3.63, 3.8) is 0 Å². The van der Waals surface area contributed by atoms with E-state index in [0.717, 1.165) is 16.8 Å². The number of Topliss-reactive ketones (excluding diaryl/α,β-unsaturated/α-hetero) is 2. The number of allylic oxidation sites excluding steroid dienone is 1. The van der Waals surface area contributed by atoms with Gasteiger partial charge in [0.15, 0.2) is 11.6 Å². The van der Waals surface area contributed by atoms with Crippen LogP contribution in [0.1, 0.15) is 38.8 Å². The third-order valence-electron chi connectivity index (χ3n) is 8.76. The van der Waals surface area contributed by atoms with E-state index in [2.05, 4.69) is 10.3 Å². The van der Waals surface area contributed by atoms with Gasteiger partial charge in [0, 0.05) is 52.6 Å². The lowest BCUT2D eigenvalue weighted by Gasteiger charge is -2.39. The number of carbonyl (C=O) groups is 3. The van der Waals surface area contributed by atoms with Gasteiger partial charge in [-0.15, -0.1) is 0 Å². The molecule has 42 heavy (non-hydrogen) atoms. The molecule has 0 unspecified atom stereocenters. The molecule has 1 spiro atoms. The van der Waals surface area contributed by atoms with Crippen molar-refractivity contribution >= 4 is 40.1 Å². The third kappa shape index (κ3) is 3.43. The number of anilines is 2. The van der Waals surface area contributed by atoms with Crippen LogP contribution in [0.15, 0.2) is 103 Å². The highest BCUT2D eigenvalue weighted by Gasteiger charge is 2.70. The maximum Gasteiger partial charge on any atom is 0.269 e. The van der Waals surface area contributed by atoms with Crippen molar-refractivity contribution in [2.24, 2.45) is 5.92 Å². The zero-order valence-electron chi connectivity index (χ0n) is 22.4. The third-order valence-corrected chi connectivity index (χ3v) is 8.76. The molecular formula is C33H24N4O5. The van der Waals surface area contributed by atoms with Gasteiger partial charge in [-0.05, 0) is 54.5 Å². The van der Waals surface area contributed by atoms with Crippen LogP contribution in [0.4, 0.5) is 17.1 Å². The molecule has 9 heteroatoms. The Balaban J connectivity index is 1.53. The number of hydrogen-bond donors (Lipinski definition) is 1. The maximum absolute atomic E-state index is 14.7. The second-order valence-electron chi connectivity index (χ2n) is 10.8. The molecule has 3 aliphatic heterocycles. The minimum Gasteiger partial charge on any atom is -0.352 e. The Morgan fingerprint density at radius 1 is 0.905 bits per heavy atom. The summed E-state index contributed by atoms with van der Waals surface area (Å²) in [6.07, 6.45) is 5.01. The standard InChI is InChI=1S/C33H24N4O5/c1-19-18-27-33(24-7-3-4-8-25(24)35-32(33)40)28(30(38)21-14-16-34-17-15-21)29(36(27)26-9-5-2-6-23(19)26)31(39)20-10-12-22(13-11-20)37(41)42/h2-18,27-29H,1H3,(H,35,40)/t27-,28-,29+,33-/m0/s1. The van der Waals surface area contributed by atoms with Crippen molar-refractivity contribution in [2.75, 3.05) is 10.2 Å². The molecule has 3 aliphatic rings. The lowest BCUT2D eigenvalue weighted by molar-refractivity contribution is -0.384. The number of rotatable bonds is 5. The van der Waals surface area contributed by atoms with Crippen LogP contribution in [-0.2, 0) is 10.2 Å². The first-order chi connectivity index (χ1) is 20.3. The van der Waals surface area contributed by atoms with E-state index in [1.54, 1.807) is 18.2 Å². The second-order valence-corrected chi connectivity index (χ2v) is 10.8. The summed E-state index contributed by atoms with van der Waals surface area (Å²) < 4.78 is 0. The summed E-state index contributed by atoms with van der Waals surface area (Å²) in [5.41, 5.74) is 2.78. The number of fused-ring (bicyclic) bond motifs is 6. The summed E-state index contributed by atoms with van der Waals surface area (Å²) in [7, 11) is 0. The highest BCUT2D eigenvalue weighted by molar-refractivity contribution is 6.18. The molecule has 1 amide bonds. The Morgan fingerprint density at radius 3 is 2.31 bits per heavy atom. The van der Waals surface area contributed by atoms with Crippen LogP contribution in [0, 0.1) is 16.0 Å². The molecular weight excluding hydrogens is 532 g/mol. The number of nitrogens with zero attached hydrogens (tertiary/aromatic N) is 3. The normalized spacial score (nSPS) is 23.5. The minimum atomic E-state index is -1.44. The van der Waals surface area contributed by atoms with Gasteiger partial charge in [-0.1, -0.05) is 42.5 Å². The van der Waals surface area contributed by atoms with Gasteiger partial charge in [0.25, 0.3) is 5.69 Å². The molecule has 0 radical (unpaired) electrons. The Kier molecular flexibility index (Phi) is 5.65. The Labute approximate surface area is 240 Å². The second kappa shape index (κ2) is 9.31. The van der Waals surface area contributed by atoms with Crippen molar-refractivity contribution in [1.82, 2.24) is 4.98 Å². The highest BCUT2D eigenvalue weighted by atomic mass is 16.6. The average Bonchev–Trinajstić information content (AvgIpc) is 3.49. The number of hydrogen-bond acceptors (Lipinski definition) is 7. The first-order valence-electron chi connectivity index (χ1n) is 13.5. The Hall–Kier alpha value is -5.44. The number of non-ortho nitro benzene ring substituents is 1. The van der Waals surface area contributed by atoms with Crippen molar-refractivity contribution in [1.29, 1.82) is 0 Å². The van der Waals surface area contributed by atoms with Crippen LogP contribution in [0.25, 0.3) is 5.57 Å². The van der Waals surface area contributed by atoms with E-state index >= 15 is 0 Å². The summed E-state index contributed by atoms with van der Waals surface area (Å²) in [5.74, 6) is -2.25. The van der Waals surface area contributed by atoms with Gasteiger partial charge in [0.2, 0.25) is 5.91 Å². The summed E-state index contributed by atoms with van der Waals surface area (Å²) in [5, 5.41) is 14.3. The number of aromatic nitrogens is 1. The fraction of sp³-hybridized carbons (Fsp3) is 0.152. The molecule has 1 N–H and O–H groups in total. The van der Waals surface area contributed by atoms with Crippen LogP contribution >= 0.6 is 0 Å². The van der Waals surface area contributed by atoms with E-state index in [1.807, 2.05) is 60.4 Å². The lowest BCUT2D eigenvalue weighted by Crippen LogP contribution is -2.51. The van der Waals surface area contributed by atoms with Crippen LogP contribution in [0.3, 0.4) is 0 Å². The molecule has 3 aromatic carbocycles. The maximum atomic E-state index is 14.7. The molecule has 4 aromatic rings. The minimum absolute atomic E-state index is 0.150. The lowest BCUT2D eigenvalue weighted by atomic mass is 9.64. The number of nitrogens with one attached hydrogen (secondary N) is 1. The van der Waals surface area contributed by atoms with E-state index in [1.165, 1.54) is 36.7 Å². The molecule has 0 bridgehead atoms. The van der Waals surface area contributed by atoms with Crippen LogP contribution in [0.2, 0.25) is 0 Å². The van der Waals surface area contributed by atoms with Crippen molar-refractivity contribution in [3.8, 4) is 0 Å².